The molecule has 4 heteroatoms. The summed E-state index contributed by atoms with van der Waals surface area (Å²) < 4.78 is 0. The van der Waals surface area contributed by atoms with Gasteiger partial charge in [0, 0.05) is 32.1 Å². The zero-order valence-corrected chi connectivity index (χ0v) is 9.19. The monoisotopic (exact) mass is 206 g/mol. The first-order valence-electron chi connectivity index (χ1n) is 4.79. The topological polar surface area (TPSA) is 32.3 Å². The predicted molar refractivity (Wildman–Crippen MR) is 56.2 cm³/mol. The average molecular weight is 207 g/mol. The van der Waals surface area contributed by atoms with E-state index in [0.29, 0.717) is 18.4 Å². The third-order valence-corrected chi connectivity index (χ3v) is 2.44. The summed E-state index contributed by atoms with van der Waals surface area (Å²) in [7, 11) is 0. The van der Waals surface area contributed by atoms with Crippen LogP contribution in [-0.2, 0) is 4.79 Å². The van der Waals surface area contributed by atoms with Gasteiger partial charge in [-0.15, -0.1) is 12.4 Å². The van der Waals surface area contributed by atoms with E-state index in [1.165, 1.54) is 0 Å². The van der Waals surface area contributed by atoms with Crippen molar-refractivity contribution < 1.29 is 4.79 Å². The molecular formula is C9H19ClN2O. The number of hydrogen-bond acceptors (Lipinski definition) is 2. The number of nitrogens with zero attached hydrogens (tertiary/aromatic N) is 1. The number of carbonyl (C=O) groups excluding carboxylic acids is 1. The smallest absolute Gasteiger partial charge is 0.222 e. The molecule has 0 aromatic rings. The first-order valence-corrected chi connectivity index (χ1v) is 4.79. The highest BCUT2D eigenvalue weighted by molar-refractivity contribution is 5.85. The summed E-state index contributed by atoms with van der Waals surface area (Å²) in [6.07, 6.45) is 1.69. The molecular weight excluding hydrogens is 188 g/mol. The molecule has 1 aliphatic heterocycles. The van der Waals surface area contributed by atoms with Crippen LogP contribution in [-0.4, -0.2) is 36.5 Å². The molecule has 1 unspecified atom stereocenters. The molecule has 0 aromatic heterocycles. The Balaban J connectivity index is 0.00000144. The number of hydrogen-bond donors (Lipinski definition) is 1. The molecule has 0 spiro atoms. The minimum Gasteiger partial charge on any atom is -0.337 e. The fraction of sp³-hybridized carbons (Fsp3) is 0.889. The minimum atomic E-state index is 0. The van der Waals surface area contributed by atoms with Crippen LogP contribution in [0.25, 0.3) is 0 Å². The van der Waals surface area contributed by atoms with Gasteiger partial charge in [0.15, 0.2) is 0 Å². The van der Waals surface area contributed by atoms with Gasteiger partial charge in [-0.1, -0.05) is 13.8 Å². The lowest BCUT2D eigenvalue weighted by Gasteiger charge is -2.35. The lowest BCUT2D eigenvalue weighted by Crippen LogP contribution is -2.53. The van der Waals surface area contributed by atoms with Gasteiger partial charge in [-0.25, -0.2) is 0 Å². The van der Waals surface area contributed by atoms with E-state index in [0.717, 1.165) is 26.1 Å². The van der Waals surface area contributed by atoms with E-state index in [1.807, 2.05) is 11.8 Å². The molecule has 13 heavy (non-hydrogen) atoms. The Morgan fingerprint density at radius 3 is 2.77 bits per heavy atom. The summed E-state index contributed by atoms with van der Waals surface area (Å²) in [4.78, 5) is 13.4. The molecule has 1 amide bonds. The van der Waals surface area contributed by atoms with E-state index in [4.69, 9.17) is 0 Å². The third-order valence-electron chi connectivity index (χ3n) is 2.44. The summed E-state index contributed by atoms with van der Waals surface area (Å²) in [5.74, 6) is 0.295. The number of piperazine rings is 1. The van der Waals surface area contributed by atoms with E-state index in [9.17, 15) is 4.79 Å². The normalized spacial score (nSPS) is 22.3. The number of nitrogens with one attached hydrogen (secondary N) is 1. The van der Waals surface area contributed by atoms with Gasteiger partial charge in [0.05, 0.1) is 0 Å². The van der Waals surface area contributed by atoms with Gasteiger partial charge in [-0.05, 0) is 6.42 Å². The van der Waals surface area contributed by atoms with Crippen LogP contribution in [0.3, 0.4) is 0 Å². The van der Waals surface area contributed by atoms with Gasteiger partial charge in [0.25, 0.3) is 0 Å². The molecule has 1 rings (SSSR count). The average Bonchev–Trinajstić information content (AvgIpc) is 2.16. The molecule has 1 fully saturated rings. The fourth-order valence-electron chi connectivity index (χ4n) is 1.66. The highest BCUT2D eigenvalue weighted by Gasteiger charge is 2.23. The predicted octanol–water partition coefficient (Wildman–Crippen LogP) is 1.03. The van der Waals surface area contributed by atoms with E-state index < -0.39 is 0 Å². The van der Waals surface area contributed by atoms with Gasteiger partial charge in [-0.2, -0.15) is 0 Å². The summed E-state index contributed by atoms with van der Waals surface area (Å²) in [6.45, 7) is 6.85. The Labute approximate surface area is 86.3 Å². The van der Waals surface area contributed by atoms with Crippen molar-refractivity contribution in [3.8, 4) is 0 Å². The number of carbonyl (C=O) groups is 1. The van der Waals surface area contributed by atoms with Crippen LogP contribution < -0.4 is 5.32 Å². The van der Waals surface area contributed by atoms with E-state index in [2.05, 4.69) is 12.2 Å². The lowest BCUT2D eigenvalue weighted by atomic mass is 10.1. The van der Waals surface area contributed by atoms with Crippen LogP contribution in [0.4, 0.5) is 0 Å². The van der Waals surface area contributed by atoms with Crippen molar-refractivity contribution in [2.75, 3.05) is 19.6 Å². The Kier molecular flexibility index (Phi) is 6.08. The lowest BCUT2D eigenvalue weighted by molar-refractivity contribution is -0.134. The largest absolute Gasteiger partial charge is 0.337 e. The van der Waals surface area contributed by atoms with Crippen molar-refractivity contribution in [2.24, 2.45) is 0 Å². The Morgan fingerprint density at radius 1 is 1.54 bits per heavy atom. The number of rotatable bonds is 2. The second-order valence-corrected chi connectivity index (χ2v) is 3.21. The van der Waals surface area contributed by atoms with Crippen LogP contribution >= 0.6 is 12.4 Å². The van der Waals surface area contributed by atoms with Crippen molar-refractivity contribution in [2.45, 2.75) is 32.7 Å². The SMILES string of the molecule is CCC(=O)N1CCNCC1CC.Cl. The third kappa shape index (κ3) is 3.16. The molecule has 78 valence electrons. The van der Waals surface area contributed by atoms with Crippen molar-refractivity contribution in [3.05, 3.63) is 0 Å². The van der Waals surface area contributed by atoms with Gasteiger partial charge in [-0.3, -0.25) is 4.79 Å². The maximum Gasteiger partial charge on any atom is 0.222 e. The summed E-state index contributed by atoms with van der Waals surface area (Å²) in [5, 5.41) is 3.30. The molecule has 0 aromatic carbocycles. The first-order chi connectivity index (χ1) is 5.79. The minimum absolute atomic E-state index is 0. The standard InChI is InChI=1S/C9H18N2O.ClH/c1-3-8-7-10-5-6-11(8)9(12)4-2;/h8,10H,3-7H2,1-2H3;1H. The highest BCUT2D eigenvalue weighted by atomic mass is 35.5. The molecule has 1 atom stereocenters. The second kappa shape index (κ2) is 6.22. The van der Waals surface area contributed by atoms with Crippen molar-refractivity contribution in [1.82, 2.24) is 10.2 Å². The molecule has 1 saturated heterocycles. The Morgan fingerprint density at radius 2 is 2.23 bits per heavy atom. The first kappa shape index (κ1) is 12.7. The summed E-state index contributed by atoms with van der Waals surface area (Å²) >= 11 is 0. The molecule has 1 N–H and O–H groups in total. The van der Waals surface area contributed by atoms with Crippen molar-refractivity contribution in [3.63, 3.8) is 0 Å². The van der Waals surface area contributed by atoms with Crippen LogP contribution in [0, 0.1) is 0 Å². The summed E-state index contributed by atoms with van der Waals surface area (Å²) in [6, 6.07) is 0.422. The zero-order chi connectivity index (χ0) is 8.97. The Bertz CT molecular complexity index is 164. The van der Waals surface area contributed by atoms with Crippen LogP contribution in [0.5, 0.6) is 0 Å². The van der Waals surface area contributed by atoms with Gasteiger partial charge >= 0.3 is 0 Å². The molecule has 3 nitrogen and oxygen atoms in total. The van der Waals surface area contributed by atoms with E-state index in [-0.39, 0.29) is 12.4 Å². The zero-order valence-electron chi connectivity index (χ0n) is 8.38. The maximum absolute atomic E-state index is 11.4. The van der Waals surface area contributed by atoms with E-state index in [1.54, 1.807) is 0 Å². The van der Waals surface area contributed by atoms with Gasteiger partial charge in [0.2, 0.25) is 5.91 Å². The maximum atomic E-state index is 11.4. The van der Waals surface area contributed by atoms with E-state index >= 15 is 0 Å². The molecule has 1 aliphatic rings. The number of halogens is 1. The molecule has 0 saturated carbocycles. The van der Waals surface area contributed by atoms with Gasteiger partial charge in [0.1, 0.15) is 0 Å². The highest BCUT2D eigenvalue weighted by Crippen LogP contribution is 2.08. The molecule has 0 bridgehead atoms. The molecule has 0 aliphatic carbocycles. The van der Waals surface area contributed by atoms with Crippen LogP contribution in [0.1, 0.15) is 26.7 Å². The Hall–Kier alpha value is -0.280. The van der Waals surface area contributed by atoms with Crippen molar-refractivity contribution in [1.29, 1.82) is 0 Å². The number of amides is 1. The molecule has 0 radical (unpaired) electrons. The summed E-state index contributed by atoms with van der Waals surface area (Å²) in [5.41, 5.74) is 0. The van der Waals surface area contributed by atoms with Crippen molar-refractivity contribution >= 4 is 18.3 Å². The molecule has 1 heterocycles. The van der Waals surface area contributed by atoms with Crippen LogP contribution in [0.2, 0.25) is 0 Å². The van der Waals surface area contributed by atoms with Crippen LogP contribution in [0.15, 0.2) is 0 Å². The fourth-order valence-corrected chi connectivity index (χ4v) is 1.66. The van der Waals surface area contributed by atoms with Gasteiger partial charge < -0.3 is 10.2 Å². The quantitative estimate of drug-likeness (QED) is 0.732. The second-order valence-electron chi connectivity index (χ2n) is 3.21.